The summed E-state index contributed by atoms with van der Waals surface area (Å²) in [5.41, 5.74) is 1.94. The molecule has 2 aliphatic rings. The van der Waals surface area contributed by atoms with Crippen LogP contribution >= 0.6 is 0 Å². The molecule has 12 heavy (non-hydrogen) atoms. The summed E-state index contributed by atoms with van der Waals surface area (Å²) in [6, 6.07) is 0. The van der Waals surface area contributed by atoms with Gasteiger partial charge in [0.15, 0.2) is 0 Å². The maximum atomic E-state index is 11.1. The Hall–Kier alpha value is -1.12. The van der Waals surface area contributed by atoms with E-state index in [1.54, 1.807) is 7.05 Å². The van der Waals surface area contributed by atoms with Gasteiger partial charge < -0.3 is 5.32 Å². The van der Waals surface area contributed by atoms with Gasteiger partial charge in [0.05, 0.1) is 6.54 Å². The van der Waals surface area contributed by atoms with Gasteiger partial charge in [0.1, 0.15) is 0 Å². The monoisotopic (exact) mass is 164 g/mol. The topological polar surface area (TPSA) is 41.5 Å². The summed E-state index contributed by atoms with van der Waals surface area (Å²) < 4.78 is 0. The summed E-state index contributed by atoms with van der Waals surface area (Å²) in [7, 11) is 1.65. The number of nitrogens with one attached hydrogen (secondary N) is 1. The Morgan fingerprint density at radius 2 is 2.42 bits per heavy atom. The predicted octanol–water partition coefficient (Wildman–Crippen LogP) is 0.523. The lowest BCUT2D eigenvalue weighted by Gasteiger charge is -1.95. The number of amides is 1. The molecule has 1 aliphatic heterocycles. The maximum absolute atomic E-state index is 11.1. The van der Waals surface area contributed by atoms with Crippen LogP contribution in [0.4, 0.5) is 0 Å². The van der Waals surface area contributed by atoms with E-state index >= 15 is 0 Å². The molecule has 1 heterocycles. The van der Waals surface area contributed by atoms with Crippen molar-refractivity contribution >= 4 is 11.6 Å². The van der Waals surface area contributed by atoms with Crippen LogP contribution in [0.15, 0.2) is 16.6 Å². The van der Waals surface area contributed by atoms with Crippen molar-refractivity contribution in [1.29, 1.82) is 0 Å². The first-order valence-electron chi connectivity index (χ1n) is 4.28. The molecule has 0 unspecified atom stereocenters. The van der Waals surface area contributed by atoms with E-state index in [1.807, 2.05) is 6.08 Å². The second-order valence-electron chi connectivity index (χ2n) is 3.26. The molecule has 3 nitrogen and oxygen atoms in total. The van der Waals surface area contributed by atoms with E-state index in [4.69, 9.17) is 0 Å². The van der Waals surface area contributed by atoms with E-state index in [0.717, 1.165) is 11.3 Å². The normalized spacial score (nSPS) is 21.8. The molecule has 0 aromatic carbocycles. The van der Waals surface area contributed by atoms with Crippen LogP contribution < -0.4 is 5.32 Å². The Bertz CT molecular complexity index is 274. The van der Waals surface area contributed by atoms with Crippen LogP contribution in [0.5, 0.6) is 0 Å². The zero-order valence-corrected chi connectivity index (χ0v) is 7.13. The highest BCUT2D eigenvalue weighted by Crippen LogP contribution is 2.33. The SMILES string of the molecule is CNC(=O)C1=CC(C2CC2)=NC1. The van der Waals surface area contributed by atoms with Crippen molar-refractivity contribution in [2.75, 3.05) is 13.6 Å². The highest BCUT2D eigenvalue weighted by Gasteiger charge is 2.29. The van der Waals surface area contributed by atoms with Crippen LogP contribution in [0.25, 0.3) is 0 Å². The minimum Gasteiger partial charge on any atom is -0.355 e. The zero-order chi connectivity index (χ0) is 8.55. The van der Waals surface area contributed by atoms with Crippen LogP contribution in [-0.2, 0) is 4.79 Å². The Morgan fingerprint density at radius 3 is 3.00 bits per heavy atom. The zero-order valence-electron chi connectivity index (χ0n) is 7.13. The van der Waals surface area contributed by atoms with E-state index < -0.39 is 0 Å². The Morgan fingerprint density at radius 1 is 1.67 bits per heavy atom. The largest absolute Gasteiger partial charge is 0.355 e. The fourth-order valence-corrected chi connectivity index (χ4v) is 1.37. The third-order valence-electron chi connectivity index (χ3n) is 2.27. The van der Waals surface area contributed by atoms with Gasteiger partial charge in [-0.25, -0.2) is 0 Å². The molecule has 1 amide bonds. The first-order chi connectivity index (χ1) is 5.81. The molecule has 1 fully saturated rings. The standard InChI is InChI=1S/C9H12N2O/c1-10-9(12)7-4-8(11-5-7)6-2-3-6/h4,6H,2-3,5H2,1H3,(H,10,12). The lowest BCUT2D eigenvalue weighted by Crippen LogP contribution is -2.20. The van der Waals surface area contributed by atoms with Crippen molar-refractivity contribution in [2.24, 2.45) is 10.9 Å². The van der Waals surface area contributed by atoms with Crippen molar-refractivity contribution < 1.29 is 4.79 Å². The van der Waals surface area contributed by atoms with Crippen molar-refractivity contribution in [2.45, 2.75) is 12.8 Å². The number of carbonyl (C=O) groups excluding carboxylic acids is 1. The number of nitrogens with zero attached hydrogens (tertiary/aromatic N) is 1. The number of aliphatic imine (C=N–C) groups is 1. The van der Waals surface area contributed by atoms with Gasteiger partial charge in [0.2, 0.25) is 5.91 Å². The summed E-state index contributed by atoms with van der Waals surface area (Å²) in [6.07, 6.45) is 4.43. The van der Waals surface area contributed by atoms with Gasteiger partial charge in [0.25, 0.3) is 0 Å². The van der Waals surface area contributed by atoms with Crippen LogP contribution in [0.3, 0.4) is 0 Å². The summed E-state index contributed by atoms with van der Waals surface area (Å²) in [5.74, 6) is 0.668. The first kappa shape index (κ1) is 7.53. The molecule has 0 saturated heterocycles. The molecule has 0 aromatic heterocycles. The van der Waals surface area contributed by atoms with Gasteiger partial charge in [-0.05, 0) is 18.9 Å². The van der Waals surface area contributed by atoms with Crippen LogP contribution in [0.1, 0.15) is 12.8 Å². The van der Waals surface area contributed by atoms with E-state index in [-0.39, 0.29) is 5.91 Å². The van der Waals surface area contributed by atoms with E-state index in [2.05, 4.69) is 10.3 Å². The molecule has 1 N–H and O–H groups in total. The van der Waals surface area contributed by atoms with E-state index in [1.165, 1.54) is 12.8 Å². The average molecular weight is 164 g/mol. The number of likely N-dealkylation sites (N-methyl/N-ethyl adjacent to an activating group) is 1. The molecular weight excluding hydrogens is 152 g/mol. The highest BCUT2D eigenvalue weighted by molar-refractivity contribution is 6.08. The summed E-state index contributed by atoms with van der Waals surface area (Å²) in [4.78, 5) is 15.5. The maximum Gasteiger partial charge on any atom is 0.248 e. The average Bonchev–Trinajstić information content (AvgIpc) is 2.83. The van der Waals surface area contributed by atoms with Crippen LogP contribution in [0, 0.1) is 5.92 Å². The van der Waals surface area contributed by atoms with Crippen molar-refractivity contribution in [3.63, 3.8) is 0 Å². The molecular formula is C9H12N2O. The lowest BCUT2D eigenvalue weighted by atomic mass is 10.2. The van der Waals surface area contributed by atoms with E-state index in [0.29, 0.717) is 12.5 Å². The van der Waals surface area contributed by atoms with Gasteiger partial charge in [0, 0.05) is 24.3 Å². The van der Waals surface area contributed by atoms with Crippen molar-refractivity contribution in [3.8, 4) is 0 Å². The van der Waals surface area contributed by atoms with Gasteiger partial charge >= 0.3 is 0 Å². The first-order valence-corrected chi connectivity index (χ1v) is 4.28. The minimum atomic E-state index is 0.00870. The number of hydrogen-bond acceptors (Lipinski definition) is 2. The smallest absolute Gasteiger partial charge is 0.248 e. The Labute approximate surface area is 71.6 Å². The fraction of sp³-hybridized carbons (Fsp3) is 0.556. The minimum absolute atomic E-state index is 0.00870. The quantitative estimate of drug-likeness (QED) is 0.635. The van der Waals surface area contributed by atoms with Crippen LogP contribution in [0.2, 0.25) is 0 Å². The molecule has 1 aliphatic carbocycles. The van der Waals surface area contributed by atoms with Crippen molar-refractivity contribution in [3.05, 3.63) is 11.6 Å². The predicted molar refractivity (Wildman–Crippen MR) is 47.2 cm³/mol. The molecule has 0 radical (unpaired) electrons. The summed E-state index contributed by atoms with van der Waals surface area (Å²) in [6.45, 7) is 0.575. The number of rotatable bonds is 2. The molecule has 1 saturated carbocycles. The molecule has 0 bridgehead atoms. The summed E-state index contributed by atoms with van der Waals surface area (Å²) in [5, 5.41) is 2.61. The molecule has 0 spiro atoms. The molecule has 0 aromatic rings. The number of allylic oxidation sites excluding steroid dienone is 1. The van der Waals surface area contributed by atoms with Crippen molar-refractivity contribution in [1.82, 2.24) is 5.32 Å². The Kier molecular flexibility index (Phi) is 1.71. The van der Waals surface area contributed by atoms with Gasteiger partial charge in [-0.2, -0.15) is 0 Å². The molecule has 3 heteroatoms. The van der Waals surface area contributed by atoms with Gasteiger partial charge in [-0.15, -0.1) is 0 Å². The number of hydrogen-bond donors (Lipinski definition) is 1. The second kappa shape index (κ2) is 2.73. The Balaban J connectivity index is 2.04. The third kappa shape index (κ3) is 1.26. The fourth-order valence-electron chi connectivity index (χ4n) is 1.37. The van der Waals surface area contributed by atoms with Gasteiger partial charge in [-0.3, -0.25) is 9.79 Å². The lowest BCUT2D eigenvalue weighted by molar-refractivity contribution is -0.117. The van der Waals surface area contributed by atoms with E-state index in [9.17, 15) is 4.79 Å². The number of carbonyl (C=O) groups is 1. The van der Waals surface area contributed by atoms with Gasteiger partial charge in [-0.1, -0.05) is 0 Å². The molecule has 0 atom stereocenters. The van der Waals surface area contributed by atoms with Crippen LogP contribution in [-0.4, -0.2) is 25.2 Å². The molecule has 2 rings (SSSR count). The highest BCUT2D eigenvalue weighted by atomic mass is 16.1. The second-order valence-corrected chi connectivity index (χ2v) is 3.26. The molecule has 64 valence electrons. The third-order valence-corrected chi connectivity index (χ3v) is 2.27. The summed E-state index contributed by atoms with van der Waals surface area (Å²) >= 11 is 0.